The molecule has 0 saturated carbocycles. The number of hydrogen-bond acceptors (Lipinski definition) is 5. The molecule has 1 aromatic carbocycles. The molecule has 1 fully saturated rings. The first kappa shape index (κ1) is 25.0. The molecule has 1 aromatic rings. The van der Waals surface area contributed by atoms with E-state index in [1.54, 1.807) is 20.8 Å². The average molecular weight is 434 g/mol. The van der Waals surface area contributed by atoms with Crippen molar-refractivity contribution in [1.29, 1.82) is 0 Å². The van der Waals surface area contributed by atoms with Gasteiger partial charge in [0.15, 0.2) is 0 Å². The molecule has 2 amide bonds. The Morgan fingerprint density at radius 1 is 1.10 bits per heavy atom. The Morgan fingerprint density at radius 3 is 2.16 bits per heavy atom. The number of amides is 2. The fourth-order valence-corrected chi connectivity index (χ4v) is 3.59. The number of alkyl carbamates (subject to hydrolysis) is 1. The Balaban J connectivity index is 1.92. The first-order valence-electron chi connectivity index (χ1n) is 11.1. The van der Waals surface area contributed by atoms with Crippen molar-refractivity contribution in [3.63, 3.8) is 0 Å². The van der Waals surface area contributed by atoms with E-state index in [1.165, 1.54) is 0 Å². The summed E-state index contributed by atoms with van der Waals surface area (Å²) in [6.07, 6.45) is 1.41. The number of carbonyl (C=O) groups is 2. The Kier molecular flexibility index (Phi) is 8.34. The zero-order valence-corrected chi connectivity index (χ0v) is 19.8. The summed E-state index contributed by atoms with van der Waals surface area (Å²) in [6.45, 7) is 13.6. The summed E-state index contributed by atoms with van der Waals surface area (Å²) < 4.78 is 5.31. The second-order valence-electron chi connectivity index (χ2n) is 10.4. The molecule has 174 valence electrons. The van der Waals surface area contributed by atoms with Gasteiger partial charge in [-0.25, -0.2) is 4.79 Å². The van der Waals surface area contributed by atoms with Crippen LogP contribution in [0.15, 0.2) is 24.3 Å². The normalized spacial score (nSPS) is 16.5. The van der Waals surface area contributed by atoms with E-state index in [0.29, 0.717) is 12.5 Å². The van der Waals surface area contributed by atoms with Gasteiger partial charge >= 0.3 is 6.09 Å². The van der Waals surface area contributed by atoms with E-state index in [0.717, 1.165) is 37.2 Å². The van der Waals surface area contributed by atoms with Crippen LogP contribution in [0.1, 0.15) is 59.9 Å². The third-order valence-electron chi connectivity index (χ3n) is 5.43. The van der Waals surface area contributed by atoms with E-state index in [1.807, 2.05) is 32.9 Å². The summed E-state index contributed by atoms with van der Waals surface area (Å²) in [5.41, 5.74) is 1.06. The molecule has 7 heteroatoms. The van der Waals surface area contributed by atoms with Crippen LogP contribution < -0.4 is 15.5 Å². The van der Waals surface area contributed by atoms with Crippen molar-refractivity contribution in [3.05, 3.63) is 29.8 Å². The second-order valence-corrected chi connectivity index (χ2v) is 10.4. The van der Waals surface area contributed by atoms with Gasteiger partial charge in [-0.1, -0.05) is 32.9 Å². The summed E-state index contributed by atoms with van der Waals surface area (Å²) >= 11 is 0. The highest BCUT2D eigenvalue weighted by Gasteiger charge is 2.34. The van der Waals surface area contributed by atoms with Gasteiger partial charge in [0.25, 0.3) is 0 Å². The number of anilines is 1. The predicted molar refractivity (Wildman–Crippen MR) is 123 cm³/mol. The number of ether oxygens (including phenoxy) is 1. The number of nitrogens with zero attached hydrogens (tertiary/aromatic N) is 1. The van der Waals surface area contributed by atoms with Crippen LogP contribution in [-0.2, 0) is 16.1 Å². The van der Waals surface area contributed by atoms with Crippen LogP contribution in [0.4, 0.5) is 10.5 Å². The van der Waals surface area contributed by atoms with Crippen molar-refractivity contribution in [2.24, 2.45) is 11.3 Å². The molecule has 1 aliphatic rings. The fourth-order valence-electron chi connectivity index (χ4n) is 3.59. The van der Waals surface area contributed by atoms with Crippen molar-refractivity contribution < 1.29 is 19.4 Å². The molecule has 2 rings (SSSR count). The maximum atomic E-state index is 12.8. The third kappa shape index (κ3) is 8.05. The lowest BCUT2D eigenvalue weighted by Gasteiger charge is -2.33. The third-order valence-corrected chi connectivity index (χ3v) is 5.43. The van der Waals surface area contributed by atoms with E-state index in [4.69, 9.17) is 4.74 Å². The van der Waals surface area contributed by atoms with E-state index in [2.05, 4.69) is 27.7 Å². The molecule has 1 saturated heterocycles. The highest BCUT2D eigenvalue weighted by atomic mass is 16.6. The quantitative estimate of drug-likeness (QED) is 0.639. The maximum Gasteiger partial charge on any atom is 0.408 e. The number of aliphatic hydroxyl groups excluding tert-OH is 1. The van der Waals surface area contributed by atoms with Gasteiger partial charge in [0.05, 0.1) is 0 Å². The predicted octanol–water partition coefficient (Wildman–Crippen LogP) is 3.45. The SMILES string of the molecule is CC(C)(C)OC(=O)NC(C(=O)NCc1ccc(N2CCC(CO)CC2)cc1)C(C)(C)C. The summed E-state index contributed by atoms with van der Waals surface area (Å²) in [6, 6.07) is 7.46. The molecule has 1 heterocycles. The van der Waals surface area contributed by atoms with Gasteiger partial charge in [0, 0.05) is 31.9 Å². The number of nitrogens with one attached hydrogen (secondary N) is 2. The summed E-state index contributed by atoms with van der Waals surface area (Å²) in [5, 5.41) is 14.9. The van der Waals surface area contributed by atoms with Gasteiger partial charge in [-0.15, -0.1) is 0 Å². The van der Waals surface area contributed by atoms with Crippen LogP contribution in [0.25, 0.3) is 0 Å². The molecule has 0 bridgehead atoms. The smallest absolute Gasteiger partial charge is 0.408 e. The maximum absolute atomic E-state index is 12.8. The largest absolute Gasteiger partial charge is 0.444 e. The van der Waals surface area contributed by atoms with Crippen LogP contribution in [0.2, 0.25) is 0 Å². The molecular formula is C24H39N3O4. The molecule has 1 unspecified atom stereocenters. The number of carbonyl (C=O) groups excluding carboxylic acids is 2. The molecule has 1 atom stereocenters. The minimum absolute atomic E-state index is 0.242. The van der Waals surface area contributed by atoms with Gasteiger partial charge in [-0.3, -0.25) is 4.79 Å². The number of rotatable bonds is 6. The first-order chi connectivity index (χ1) is 14.4. The van der Waals surface area contributed by atoms with E-state index in [-0.39, 0.29) is 12.5 Å². The van der Waals surface area contributed by atoms with Crippen LogP contribution in [-0.4, -0.2) is 48.4 Å². The van der Waals surface area contributed by atoms with E-state index < -0.39 is 23.2 Å². The second kappa shape index (κ2) is 10.4. The summed E-state index contributed by atoms with van der Waals surface area (Å²) in [5.74, 6) is 0.171. The van der Waals surface area contributed by atoms with Gasteiger partial charge in [-0.2, -0.15) is 0 Å². The molecule has 1 aliphatic heterocycles. The van der Waals surface area contributed by atoms with Gasteiger partial charge in [0.1, 0.15) is 11.6 Å². The van der Waals surface area contributed by atoms with Crippen molar-refractivity contribution in [2.45, 2.75) is 72.6 Å². The van der Waals surface area contributed by atoms with Gasteiger partial charge in [-0.05, 0) is 62.6 Å². The lowest BCUT2D eigenvalue weighted by atomic mass is 9.86. The summed E-state index contributed by atoms with van der Waals surface area (Å²) in [7, 11) is 0. The first-order valence-corrected chi connectivity index (χ1v) is 11.1. The zero-order valence-electron chi connectivity index (χ0n) is 19.8. The zero-order chi connectivity index (χ0) is 23.2. The lowest BCUT2D eigenvalue weighted by Crippen LogP contribution is -2.54. The fraction of sp³-hybridized carbons (Fsp3) is 0.667. The van der Waals surface area contributed by atoms with Crippen LogP contribution in [0, 0.1) is 11.3 Å². The van der Waals surface area contributed by atoms with E-state index >= 15 is 0 Å². The Labute approximate surface area is 186 Å². The summed E-state index contributed by atoms with van der Waals surface area (Å²) in [4.78, 5) is 27.3. The van der Waals surface area contributed by atoms with Crippen molar-refractivity contribution in [3.8, 4) is 0 Å². The number of aliphatic hydroxyl groups is 1. The van der Waals surface area contributed by atoms with Gasteiger partial charge < -0.3 is 25.4 Å². The highest BCUT2D eigenvalue weighted by molar-refractivity contribution is 5.86. The lowest BCUT2D eigenvalue weighted by molar-refractivity contribution is -0.125. The van der Waals surface area contributed by atoms with Crippen LogP contribution in [0.5, 0.6) is 0 Å². The monoisotopic (exact) mass is 433 g/mol. The van der Waals surface area contributed by atoms with Gasteiger partial charge in [0.2, 0.25) is 5.91 Å². The van der Waals surface area contributed by atoms with Crippen LogP contribution >= 0.6 is 0 Å². The number of benzene rings is 1. The van der Waals surface area contributed by atoms with Crippen molar-refractivity contribution in [1.82, 2.24) is 10.6 Å². The molecule has 0 aromatic heterocycles. The van der Waals surface area contributed by atoms with Crippen LogP contribution in [0.3, 0.4) is 0 Å². The average Bonchev–Trinajstić information content (AvgIpc) is 2.68. The van der Waals surface area contributed by atoms with Crippen molar-refractivity contribution in [2.75, 3.05) is 24.6 Å². The molecule has 3 N–H and O–H groups in total. The minimum Gasteiger partial charge on any atom is -0.444 e. The number of piperidine rings is 1. The topological polar surface area (TPSA) is 90.9 Å². The number of hydrogen-bond donors (Lipinski definition) is 3. The molecule has 0 radical (unpaired) electrons. The standard InChI is InChI=1S/C24H39N3O4/c1-23(2,3)20(26-22(30)31-24(4,5)6)21(29)25-15-17-7-9-19(10-8-17)27-13-11-18(16-28)12-14-27/h7-10,18,20,28H,11-16H2,1-6H3,(H,25,29)(H,26,30). The minimum atomic E-state index is -0.713. The Morgan fingerprint density at radius 2 is 1.68 bits per heavy atom. The molecule has 7 nitrogen and oxygen atoms in total. The van der Waals surface area contributed by atoms with E-state index in [9.17, 15) is 14.7 Å². The molecule has 31 heavy (non-hydrogen) atoms. The highest BCUT2D eigenvalue weighted by Crippen LogP contribution is 2.24. The Bertz CT molecular complexity index is 727. The Hall–Kier alpha value is -2.28. The molecular weight excluding hydrogens is 394 g/mol. The molecule has 0 aliphatic carbocycles. The van der Waals surface area contributed by atoms with Crippen molar-refractivity contribution >= 4 is 17.7 Å². The molecule has 0 spiro atoms.